The summed E-state index contributed by atoms with van der Waals surface area (Å²) in [6, 6.07) is 15.3. The van der Waals surface area contributed by atoms with E-state index in [1.165, 1.54) is 35.2 Å². The maximum absolute atomic E-state index is 13.2. The quantitative estimate of drug-likeness (QED) is 0.240. The minimum atomic E-state index is -0.332. The largest absolute Gasteiger partial charge is 0.497 e. The molecule has 2 aromatic carbocycles. The van der Waals surface area contributed by atoms with Gasteiger partial charge in [-0.3, -0.25) is 9.36 Å². The Morgan fingerprint density at radius 2 is 2.00 bits per heavy atom. The molecule has 0 saturated heterocycles. The van der Waals surface area contributed by atoms with Gasteiger partial charge < -0.3 is 9.26 Å². The minimum absolute atomic E-state index is 0.0992. The average molecular weight is 481 g/mol. The Balaban J connectivity index is 1.43. The molecule has 0 amide bonds. The molecule has 0 radical (unpaired) electrons. The van der Waals surface area contributed by atoms with E-state index in [9.17, 15) is 9.18 Å². The first kappa shape index (κ1) is 21.4. The fourth-order valence-corrected chi connectivity index (χ4v) is 4.90. The van der Waals surface area contributed by atoms with Gasteiger partial charge in [0.15, 0.2) is 5.16 Å². The molecule has 3 heterocycles. The van der Waals surface area contributed by atoms with Crippen LogP contribution in [-0.2, 0) is 12.3 Å². The molecule has 5 rings (SSSR count). The molecule has 0 saturated carbocycles. The summed E-state index contributed by atoms with van der Waals surface area (Å²) >= 11 is 2.72. The van der Waals surface area contributed by atoms with Crippen molar-refractivity contribution < 1.29 is 13.7 Å². The third kappa shape index (κ3) is 4.53. The highest BCUT2D eigenvalue weighted by atomic mass is 32.2. The van der Waals surface area contributed by atoms with Gasteiger partial charge in [0.1, 0.15) is 16.3 Å². The fraction of sp³-hybridized carbons (Fsp3) is 0.130. The van der Waals surface area contributed by atoms with Gasteiger partial charge in [-0.25, -0.2) is 9.37 Å². The number of fused-ring (bicyclic) bond motifs is 1. The smallest absolute Gasteiger partial charge is 0.272 e. The second-order valence-corrected chi connectivity index (χ2v) is 8.94. The molecule has 0 fully saturated rings. The van der Waals surface area contributed by atoms with Crippen molar-refractivity contribution in [3.8, 4) is 17.1 Å². The SMILES string of the molecule is COc1cccc(Cn2c(SCc3nc(-c4ccc(F)cc4)no3)nc3ccsc3c2=O)c1. The van der Waals surface area contributed by atoms with E-state index in [4.69, 9.17) is 14.2 Å². The lowest BCUT2D eigenvalue weighted by molar-refractivity contribution is 0.391. The third-order valence-electron chi connectivity index (χ3n) is 4.90. The lowest BCUT2D eigenvalue weighted by Crippen LogP contribution is -2.23. The molecular formula is C23H17FN4O3S2. The summed E-state index contributed by atoms with van der Waals surface area (Å²) in [5.41, 5.74) is 2.14. The second-order valence-electron chi connectivity index (χ2n) is 7.08. The van der Waals surface area contributed by atoms with Crippen molar-refractivity contribution in [3.05, 3.63) is 87.6 Å². The molecule has 5 aromatic rings. The molecule has 0 unspecified atom stereocenters. The summed E-state index contributed by atoms with van der Waals surface area (Å²) in [6.45, 7) is 0.351. The highest BCUT2D eigenvalue weighted by molar-refractivity contribution is 7.98. The summed E-state index contributed by atoms with van der Waals surface area (Å²) in [4.78, 5) is 22.3. The predicted molar refractivity (Wildman–Crippen MR) is 125 cm³/mol. The number of nitrogens with zero attached hydrogens (tertiary/aromatic N) is 4. The number of aromatic nitrogens is 4. The average Bonchev–Trinajstić information content (AvgIpc) is 3.50. The Labute approximate surface area is 195 Å². The summed E-state index contributed by atoms with van der Waals surface area (Å²) in [7, 11) is 1.61. The number of benzene rings is 2. The number of hydrogen-bond donors (Lipinski definition) is 0. The molecule has 0 aliphatic rings. The molecule has 3 aromatic heterocycles. The Kier molecular flexibility index (Phi) is 5.93. The molecule has 7 nitrogen and oxygen atoms in total. The van der Waals surface area contributed by atoms with Gasteiger partial charge in [-0.05, 0) is 53.4 Å². The number of halogens is 1. The van der Waals surface area contributed by atoms with Crippen LogP contribution >= 0.6 is 23.1 Å². The van der Waals surface area contributed by atoms with Gasteiger partial charge in [0.2, 0.25) is 11.7 Å². The summed E-state index contributed by atoms with van der Waals surface area (Å²) in [5.74, 6) is 1.47. The molecule has 0 aliphatic heterocycles. The topological polar surface area (TPSA) is 83.0 Å². The van der Waals surface area contributed by atoms with E-state index in [1.54, 1.807) is 23.8 Å². The first-order valence-electron chi connectivity index (χ1n) is 9.93. The third-order valence-corrected chi connectivity index (χ3v) is 6.75. The van der Waals surface area contributed by atoms with Crippen molar-refractivity contribution in [2.75, 3.05) is 7.11 Å². The van der Waals surface area contributed by atoms with E-state index in [1.807, 2.05) is 35.7 Å². The minimum Gasteiger partial charge on any atom is -0.497 e. The van der Waals surface area contributed by atoms with Gasteiger partial charge in [-0.15, -0.1) is 11.3 Å². The number of hydrogen-bond acceptors (Lipinski definition) is 8. The van der Waals surface area contributed by atoms with Crippen molar-refractivity contribution in [1.82, 2.24) is 19.7 Å². The van der Waals surface area contributed by atoms with Crippen LogP contribution in [0.4, 0.5) is 4.39 Å². The molecule has 166 valence electrons. The van der Waals surface area contributed by atoms with E-state index in [-0.39, 0.29) is 11.4 Å². The van der Waals surface area contributed by atoms with Crippen LogP contribution in [0.1, 0.15) is 11.5 Å². The number of thioether (sulfide) groups is 1. The number of rotatable bonds is 7. The van der Waals surface area contributed by atoms with Crippen LogP contribution in [0.5, 0.6) is 5.75 Å². The standard InChI is InChI=1S/C23H17FN4O3S2/c1-30-17-4-2-3-14(11-17)12-28-22(29)20-18(9-10-32-20)25-23(28)33-13-19-26-21(27-31-19)15-5-7-16(24)8-6-15/h2-11H,12-13H2,1H3. The molecule has 10 heteroatoms. The van der Waals surface area contributed by atoms with Crippen LogP contribution in [-0.4, -0.2) is 26.8 Å². The first-order valence-corrected chi connectivity index (χ1v) is 11.8. The zero-order valence-corrected chi connectivity index (χ0v) is 19.0. The lowest BCUT2D eigenvalue weighted by Gasteiger charge is -2.12. The van der Waals surface area contributed by atoms with Gasteiger partial charge in [0, 0.05) is 5.56 Å². The van der Waals surface area contributed by atoms with Gasteiger partial charge in [-0.1, -0.05) is 29.1 Å². The molecule has 0 spiro atoms. The Morgan fingerprint density at radius 1 is 1.15 bits per heavy atom. The zero-order chi connectivity index (χ0) is 22.8. The van der Waals surface area contributed by atoms with Crippen molar-refractivity contribution in [2.45, 2.75) is 17.5 Å². The van der Waals surface area contributed by atoms with Gasteiger partial charge in [0.25, 0.3) is 5.56 Å². The molecule has 33 heavy (non-hydrogen) atoms. The van der Waals surface area contributed by atoms with E-state index in [0.29, 0.717) is 44.9 Å². The van der Waals surface area contributed by atoms with Crippen molar-refractivity contribution >= 4 is 33.3 Å². The van der Waals surface area contributed by atoms with Crippen LogP contribution in [0.3, 0.4) is 0 Å². The van der Waals surface area contributed by atoms with Crippen molar-refractivity contribution in [2.24, 2.45) is 0 Å². The number of ether oxygens (including phenoxy) is 1. The number of thiophene rings is 1. The number of methoxy groups -OCH3 is 1. The molecule has 0 aliphatic carbocycles. The molecule has 0 N–H and O–H groups in total. The van der Waals surface area contributed by atoms with E-state index in [0.717, 1.165) is 11.3 Å². The Morgan fingerprint density at radius 3 is 2.82 bits per heavy atom. The van der Waals surface area contributed by atoms with Crippen molar-refractivity contribution in [1.29, 1.82) is 0 Å². The molecule has 0 atom stereocenters. The maximum Gasteiger partial charge on any atom is 0.272 e. The van der Waals surface area contributed by atoms with Crippen LogP contribution in [0.2, 0.25) is 0 Å². The highest BCUT2D eigenvalue weighted by Gasteiger charge is 2.16. The highest BCUT2D eigenvalue weighted by Crippen LogP contribution is 2.26. The van der Waals surface area contributed by atoms with Gasteiger partial charge in [0.05, 0.1) is 24.9 Å². The first-order chi connectivity index (χ1) is 16.1. The Bertz CT molecular complexity index is 1480. The monoisotopic (exact) mass is 480 g/mol. The summed E-state index contributed by atoms with van der Waals surface area (Å²) in [6.07, 6.45) is 0. The molecular weight excluding hydrogens is 463 g/mol. The fourth-order valence-electron chi connectivity index (χ4n) is 3.28. The van der Waals surface area contributed by atoms with E-state index < -0.39 is 0 Å². The zero-order valence-electron chi connectivity index (χ0n) is 17.4. The van der Waals surface area contributed by atoms with Crippen LogP contribution in [0.15, 0.2) is 74.5 Å². The van der Waals surface area contributed by atoms with Crippen LogP contribution in [0, 0.1) is 5.82 Å². The predicted octanol–water partition coefficient (Wildman–Crippen LogP) is 5.00. The van der Waals surface area contributed by atoms with Crippen LogP contribution in [0.25, 0.3) is 21.6 Å². The second kappa shape index (κ2) is 9.16. The van der Waals surface area contributed by atoms with Crippen LogP contribution < -0.4 is 10.3 Å². The van der Waals surface area contributed by atoms with Crippen molar-refractivity contribution in [3.63, 3.8) is 0 Å². The van der Waals surface area contributed by atoms with E-state index >= 15 is 0 Å². The van der Waals surface area contributed by atoms with Gasteiger partial charge >= 0.3 is 0 Å². The normalized spacial score (nSPS) is 11.2. The summed E-state index contributed by atoms with van der Waals surface area (Å²) < 4.78 is 26.1. The van der Waals surface area contributed by atoms with E-state index in [2.05, 4.69) is 10.1 Å². The Hall–Kier alpha value is -3.50. The van der Waals surface area contributed by atoms with Gasteiger partial charge in [-0.2, -0.15) is 4.98 Å². The maximum atomic E-state index is 13.2. The summed E-state index contributed by atoms with van der Waals surface area (Å²) in [5, 5.41) is 6.38. The lowest BCUT2D eigenvalue weighted by atomic mass is 10.2. The molecule has 0 bridgehead atoms.